The van der Waals surface area contributed by atoms with Crippen molar-refractivity contribution in [3.8, 4) is 0 Å². The highest BCUT2D eigenvalue weighted by Crippen LogP contribution is 2.20. The average molecular weight is 333 g/mol. The Balaban J connectivity index is 2.03. The van der Waals surface area contributed by atoms with Crippen molar-refractivity contribution in [2.45, 2.75) is 32.4 Å². The fourth-order valence-electron chi connectivity index (χ4n) is 3.45. The number of anilines is 1. The van der Waals surface area contributed by atoms with Crippen LogP contribution in [0.3, 0.4) is 0 Å². The fourth-order valence-corrected chi connectivity index (χ4v) is 3.45. The summed E-state index contributed by atoms with van der Waals surface area (Å²) in [6.45, 7) is 7.78. The van der Waals surface area contributed by atoms with Gasteiger partial charge in [-0.05, 0) is 38.5 Å². The van der Waals surface area contributed by atoms with Crippen LogP contribution in [0.2, 0.25) is 0 Å². The minimum absolute atomic E-state index is 0.133. The van der Waals surface area contributed by atoms with Crippen molar-refractivity contribution in [1.82, 2.24) is 9.80 Å². The number of ether oxygens (including phenoxy) is 1. The van der Waals surface area contributed by atoms with Crippen molar-refractivity contribution in [3.05, 3.63) is 29.8 Å². The molecule has 1 aromatic carbocycles. The lowest BCUT2D eigenvalue weighted by atomic mass is 10.1. The maximum absolute atomic E-state index is 12.9. The lowest BCUT2D eigenvalue weighted by molar-refractivity contribution is 0.0270. The van der Waals surface area contributed by atoms with Gasteiger partial charge in [-0.2, -0.15) is 0 Å². The molecule has 134 valence electrons. The second-order valence-electron chi connectivity index (χ2n) is 6.94. The maximum Gasteiger partial charge on any atom is 0.254 e. The van der Waals surface area contributed by atoms with Gasteiger partial charge in [0.1, 0.15) is 0 Å². The van der Waals surface area contributed by atoms with Crippen LogP contribution in [0.15, 0.2) is 24.3 Å². The molecule has 0 N–H and O–H groups in total. The molecular formula is C19H31N3O2. The van der Waals surface area contributed by atoms with E-state index < -0.39 is 0 Å². The number of carbonyl (C=O) groups is 1. The molecule has 1 aliphatic heterocycles. The Kier molecular flexibility index (Phi) is 6.63. The molecule has 5 nitrogen and oxygen atoms in total. The van der Waals surface area contributed by atoms with E-state index in [-0.39, 0.29) is 5.91 Å². The van der Waals surface area contributed by atoms with Gasteiger partial charge in [0.15, 0.2) is 0 Å². The topological polar surface area (TPSA) is 36.0 Å². The summed E-state index contributed by atoms with van der Waals surface area (Å²) >= 11 is 0. The van der Waals surface area contributed by atoms with Gasteiger partial charge in [0, 0.05) is 70.8 Å². The Labute approximate surface area is 146 Å². The molecule has 0 radical (unpaired) electrons. The van der Waals surface area contributed by atoms with Gasteiger partial charge in [-0.3, -0.25) is 9.69 Å². The molecule has 1 aliphatic rings. The van der Waals surface area contributed by atoms with Crippen LogP contribution in [-0.4, -0.2) is 75.2 Å². The number of rotatable bonds is 6. The van der Waals surface area contributed by atoms with Gasteiger partial charge in [-0.15, -0.1) is 0 Å². The summed E-state index contributed by atoms with van der Waals surface area (Å²) in [5, 5.41) is 0. The molecule has 0 aromatic heterocycles. The number of hydrogen-bond donors (Lipinski definition) is 0. The fraction of sp³-hybridized carbons (Fsp3) is 0.632. The number of amides is 1. The third kappa shape index (κ3) is 4.48. The molecule has 1 heterocycles. The van der Waals surface area contributed by atoms with Gasteiger partial charge in [0.05, 0.1) is 0 Å². The average Bonchev–Trinajstić information content (AvgIpc) is 2.56. The first-order valence-electron chi connectivity index (χ1n) is 8.75. The lowest BCUT2D eigenvalue weighted by Gasteiger charge is -2.44. The zero-order valence-corrected chi connectivity index (χ0v) is 15.7. The monoisotopic (exact) mass is 333 g/mol. The van der Waals surface area contributed by atoms with Crippen LogP contribution in [0, 0.1) is 0 Å². The SMILES string of the molecule is COCCCN1C(C)CN(C(=O)c2cccc(N(C)C)c2)CC1C. The van der Waals surface area contributed by atoms with Crippen LogP contribution < -0.4 is 4.90 Å². The third-order valence-corrected chi connectivity index (χ3v) is 4.76. The van der Waals surface area contributed by atoms with Crippen molar-refractivity contribution in [2.75, 3.05) is 52.3 Å². The summed E-state index contributed by atoms with van der Waals surface area (Å²) in [7, 11) is 5.73. The molecule has 2 atom stereocenters. The normalized spacial score (nSPS) is 21.8. The summed E-state index contributed by atoms with van der Waals surface area (Å²) in [6.07, 6.45) is 1.03. The van der Waals surface area contributed by atoms with Gasteiger partial charge in [-0.1, -0.05) is 6.07 Å². The van der Waals surface area contributed by atoms with Gasteiger partial charge < -0.3 is 14.5 Å². The highest BCUT2D eigenvalue weighted by molar-refractivity contribution is 5.95. The molecule has 0 saturated carbocycles. The van der Waals surface area contributed by atoms with E-state index >= 15 is 0 Å². The van der Waals surface area contributed by atoms with E-state index in [1.165, 1.54) is 0 Å². The predicted molar refractivity (Wildman–Crippen MR) is 98.8 cm³/mol. The van der Waals surface area contributed by atoms with Crippen LogP contribution in [0.5, 0.6) is 0 Å². The first-order valence-corrected chi connectivity index (χ1v) is 8.75. The zero-order chi connectivity index (χ0) is 17.7. The van der Waals surface area contributed by atoms with E-state index in [9.17, 15) is 4.79 Å². The number of nitrogens with zero attached hydrogens (tertiary/aromatic N) is 3. The lowest BCUT2D eigenvalue weighted by Crippen LogP contribution is -2.58. The number of piperazine rings is 1. The van der Waals surface area contributed by atoms with E-state index in [1.54, 1.807) is 7.11 Å². The predicted octanol–water partition coefficient (Wildman–Crippen LogP) is 2.32. The Hall–Kier alpha value is -1.59. The summed E-state index contributed by atoms with van der Waals surface area (Å²) in [4.78, 5) is 19.4. The van der Waals surface area contributed by atoms with E-state index in [0.717, 1.165) is 43.9 Å². The minimum Gasteiger partial charge on any atom is -0.385 e. The standard InChI is InChI=1S/C19H31N3O2/c1-15-13-21(14-16(2)22(15)10-7-11-24-5)19(23)17-8-6-9-18(12-17)20(3)4/h6,8-9,12,15-16H,7,10-11,13-14H2,1-5H3. The van der Waals surface area contributed by atoms with Crippen LogP contribution in [0.4, 0.5) is 5.69 Å². The van der Waals surface area contributed by atoms with Crippen molar-refractivity contribution in [1.29, 1.82) is 0 Å². The highest BCUT2D eigenvalue weighted by Gasteiger charge is 2.31. The Morgan fingerprint density at radius 1 is 1.25 bits per heavy atom. The molecule has 1 fully saturated rings. The Bertz CT molecular complexity index is 535. The first-order chi connectivity index (χ1) is 11.4. The van der Waals surface area contributed by atoms with E-state index in [0.29, 0.717) is 12.1 Å². The van der Waals surface area contributed by atoms with Crippen molar-refractivity contribution in [3.63, 3.8) is 0 Å². The number of hydrogen-bond acceptors (Lipinski definition) is 4. The summed E-state index contributed by atoms with van der Waals surface area (Å²) in [5.41, 5.74) is 1.83. The van der Waals surface area contributed by atoms with Crippen LogP contribution in [0.25, 0.3) is 0 Å². The van der Waals surface area contributed by atoms with Gasteiger partial charge in [0.2, 0.25) is 0 Å². The van der Waals surface area contributed by atoms with Crippen LogP contribution in [0.1, 0.15) is 30.6 Å². The van der Waals surface area contributed by atoms with E-state index in [4.69, 9.17) is 4.74 Å². The number of benzene rings is 1. The molecule has 1 aromatic rings. The van der Waals surface area contributed by atoms with Gasteiger partial charge >= 0.3 is 0 Å². The largest absolute Gasteiger partial charge is 0.385 e. The first kappa shape index (κ1) is 18.7. The zero-order valence-electron chi connectivity index (χ0n) is 15.7. The summed E-state index contributed by atoms with van der Waals surface area (Å²) in [5.74, 6) is 0.133. The molecule has 1 saturated heterocycles. The quantitative estimate of drug-likeness (QED) is 0.749. The molecule has 2 unspecified atom stereocenters. The molecule has 24 heavy (non-hydrogen) atoms. The maximum atomic E-state index is 12.9. The molecule has 0 spiro atoms. The minimum atomic E-state index is 0.133. The molecule has 0 aliphatic carbocycles. The van der Waals surface area contributed by atoms with Gasteiger partial charge in [0.25, 0.3) is 5.91 Å². The Morgan fingerprint density at radius 3 is 2.50 bits per heavy atom. The van der Waals surface area contributed by atoms with Crippen molar-refractivity contribution in [2.24, 2.45) is 0 Å². The Morgan fingerprint density at radius 2 is 1.92 bits per heavy atom. The summed E-state index contributed by atoms with van der Waals surface area (Å²) < 4.78 is 5.16. The van der Waals surface area contributed by atoms with Crippen LogP contribution >= 0.6 is 0 Å². The molecule has 0 bridgehead atoms. The second-order valence-corrected chi connectivity index (χ2v) is 6.94. The van der Waals surface area contributed by atoms with E-state index in [2.05, 4.69) is 18.7 Å². The van der Waals surface area contributed by atoms with E-state index in [1.807, 2.05) is 48.2 Å². The van der Waals surface area contributed by atoms with Crippen molar-refractivity contribution < 1.29 is 9.53 Å². The van der Waals surface area contributed by atoms with Gasteiger partial charge in [-0.25, -0.2) is 0 Å². The molecule has 5 heteroatoms. The number of methoxy groups -OCH3 is 1. The second kappa shape index (κ2) is 8.49. The molecule has 2 rings (SSSR count). The summed E-state index contributed by atoms with van der Waals surface area (Å²) in [6, 6.07) is 8.60. The number of carbonyl (C=O) groups excluding carboxylic acids is 1. The third-order valence-electron chi connectivity index (χ3n) is 4.76. The van der Waals surface area contributed by atoms with Crippen molar-refractivity contribution >= 4 is 11.6 Å². The van der Waals surface area contributed by atoms with Crippen LogP contribution in [-0.2, 0) is 4.74 Å². The highest BCUT2D eigenvalue weighted by atomic mass is 16.5. The molecular weight excluding hydrogens is 302 g/mol. The smallest absolute Gasteiger partial charge is 0.254 e. The molecule has 1 amide bonds.